The average Bonchev–Trinajstić information content (AvgIpc) is 2.75. The van der Waals surface area contributed by atoms with Gasteiger partial charge in [-0.1, -0.05) is 6.07 Å². The standard InChI is InChI=1S/C12H14F3N3/c1-3-18(4-2)9-7-5-6-8-10(9)17-11(16-8)12(13,14)15/h5-7H,3-4H2,1-2H3,(H,16,17). The van der Waals surface area contributed by atoms with Gasteiger partial charge < -0.3 is 9.88 Å². The molecular formula is C12H14F3N3. The van der Waals surface area contributed by atoms with Gasteiger partial charge in [-0.05, 0) is 26.0 Å². The third kappa shape index (κ3) is 2.14. The lowest BCUT2D eigenvalue weighted by Crippen LogP contribution is -2.22. The largest absolute Gasteiger partial charge is 0.449 e. The van der Waals surface area contributed by atoms with Gasteiger partial charge in [0.2, 0.25) is 5.82 Å². The van der Waals surface area contributed by atoms with Crippen molar-refractivity contribution in [2.45, 2.75) is 20.0 Å². The lowest BCUT2D eigenvalue weighted by molar-refractivity contribution is -0.144. The summed E-state index contributed by atoms with van der Waals surface area (Å²) in [6, 6.07) is 5.12. The highest BCUT2D eigenvalue weighted by molar-refractivity contribution is 5.88. The summed E-state index contributed by atoms with van der Waals surface area (Å²) < 4.78 is 37.8. The Morgan fingerprint density at radius 3 is 2.44 bits per heavy atom. The normalized spacial score (nSPS) is 12.1. The Bertz CT molecular complexity index is 541. The minimum atomic E-state index is -4.44. The molecule has 98 valence electrons. The summed E-state index contributed by atoms with van der Waals surface area (Å²) in [7, 11) is 0. The Hall–Kier alpha value is -1.72. The van der Waals surface area contributed by atoms with E-state index in [1.54, 1.807) is 18.2 Å². The molecule has 2 rings (SSSR count). The first-order valence-corrected chi connectivity index (χ1v) is 5.78. The highest BCUT2D eigenvalue weighted by Crippen LogP contribution is 2.31. The van der Waals surface area contributed by atoms with Crippen LogP contribution in [0.25, 0.3) is 11.0 Å². The molecule has 0 aliphatic carbocycles. The second kappa shape index (κ2) is 4.51. The molecular weight excluding hydrogens is 243 g/mol. The zero-order valence-electron chi connectivity index (χ0n) is 10.2. The second-order valence-electron chi connectivity index (χ2n) is 3.93. The number of aromatic nitrogens is 2. The summed E-state index contributed by atoms with van der Waals surface area (Å²) in [6.07, 6.45) is -4.44. The van der Waals surface area contributed by atoms with Crippen molar-refractivity contribution in [3.63, 3.8) is 0 Å². The van der Waals surface area contributed by atoms with Crippen LogP contribution < -0.4 is 4.90 Å². The summed E-state index contributed by atoms with van der Waals surface area (Å²) in [5.41, 5.74) is 1.50. The van der Waals surface area contributed by atoms with E-state index in [0.717, 1.165) is 18.8 Å². The molecule has 0 spiro atoms. The summed E-state index contributed by atoms with van der Waals surface area (Å²) in [4.78, 5) is 7.97. The number of imidazole rings is 1. The van der Waals surface area contributed by atoms with E-state index in [0.29, 0.717) is 11.0 Å². The summed E-state index contributed by atoms with van der Waals surface area (Å²) in [5, 5.41) is 0. The molecule has 0 bridgehead atoms. The molecule has 0 aliphatic rings. The maximum Gasteiger partial charge on any atom is 0.449 e. The fraction of sp³-hybridized carbons (Fsp3) is 0.417. The molecule has 2 aromatic rings. The highest BCUT2D eigenvalue weighted by atomic mass is 19.4. The maximum atomic E-state index is 12.6. The number of nitrogens with one attached hydrogen (secondary N) is 1. The number of anilines is 1. The number of hydrogen-bond donors (Lipinski definition) is 1. The molecule has 1 N–H and O–H groups in total. The maximum absolute atomic E-state index is 12.6. The zero-order chi connectivity index (χ0) is 13.3. The van der Waals surface area contributed by atoms with Crippen LogP contribution in [0.2, 0.25) is 0 Å². The fourth-order valence-electron chi connectivity index (χ4n) is 1.97. The Kier molecular flexibility index (Phi) is 3.19. The molecule has 0 fully saturated rings. The predicted octanol–water partition coefficient (Wildman–Crippen LogP) is 3.43. The van der Waals surface area contributed by atoms with Crippen LogP contribution in [0.3, 0.4) is 0 Å². The minimum absolute atomic E-state index is 0.369. The molecule has 1 heterocycles. The van der Waals surface area contributed by atoms with Gasteiger partial charge in [-0.15, -0.1) is 0 Å². The Labute approximate surface area is 103 Å². The zero-order valence-corrected chi connectivity index (χ0v) is 10.2. The lowest BCUT2D eigenvalue weighted by atomic mass is 10.2. The molecule has 0 amide bonds. The van der Waals surface area contributed by atoms with Crippen LogP contribution in [-0.2, 0) is 6.18 Å². The number of hydrogen-bond acceptors (Lipinski definition) is 2. The van der Waals surface area contributed by atoms with Gasteiger partial charge >= 0.3 is 6.18 Å². The molecule has 0 unspecified atom stereocenters. The van der Waals surface area contributed by atoms with Crippen molar-refractivity contribution in [1.82, 2.24) is 9.97 Å². The van der Waals surface area contributed by atoms with Crippen molar-refractivity contribution in [3.8, 4) is 0 Å². The van der Waals surface area contributed by atoms with Crippen LogP contribution >= 0.6 is 0 Å². The number of fused-ring (bicyclic) bond motifs is 1. The quantitative estimate of drug-likeness (QED) is 0.913. The number of halogens is 3. The Morgan fingerprint density at radius 2 is 1.89 bits per heavy atom. The van der Waals surface area contributed by atoms with E-state index >= 15 is 0 Å². The van der Waals surface area contributed by atoms with Gasteiger partial charge in [0.1, 0.15) is 5.52 Å². The van der Waals surface area contributed by atoms with Crippen LogP contribution in [-0.4, -0.2) is 23.1 Å². The van der Waals surface area contributed by atoms with E-state index in [2.05, 4.69) is 9.97 Å². The van der Waals surface area contributed by atoms with E-state index in [9.17, 15) is 13.2 Å². The van der Waals surface area contributed by atoms with Crippen LogP contribution in [0.1, 0.15) is 19.7 Å². The van der Waals surface area contributed by atoms with Crippen molar-refractivity contribution in [2.24, 2.45) is 0 Å². The van der Waals surface area contributed by atoms with E-state index in [-0.39, 0.29) is 0 Å². The van der Waals surface area contributed by atoms with Gasteiger partial charge in [-0.25, -0.2) is 4.98 Å². The van der Waals surface area contributed by atoms with E-state index in [4.69, 9.17) is 0 Å². The SMILES string of the molecule is CCN(CC)c1cccc2[nH]c(C(F)(F)F)nc12. The van der Waals surface area contributed by atoms with Crippen molar-refractivity contribution in [3.05, 3.63) is 24.0 Å². The van der Waals surface area contributed by atoms with E-state index in [1.165, 1.54) is 0 Å². The molecule has 0 atom stereocenters. The molecule has 0 radical (unpaired) electrons. The van der Waals surface area contributed by atoms with Crippen LogP contribution in [0.4, 0.5) is 18.9 Å². The molecule has 0 saturated heterocycles. The molecule has 6 heteroatoms. The Balaban J connectivity index is 2.59. The van der Waals surface area contributed by atoms with Crippen LogP contribution in [0, 0.1) is 0 Å². The van der Waals surface area contributed by atoms with E-state index in [1.807, 2.05) is 18.7 Å². The fourth-order valence-corrected chi connectivity index (χ4v) is 1.97. The topological polar surface area (TPSA) is 31.9 Å². The van der Waals surface area contributed by atoms with Gasteiger partial charge in [0, 0.05) is 13.1 Å². The summed E-state index contributed by atoms with van der Waals surface area (Å²) >= 11 is 0. The predicted molar refractivity (Wildman–Crippen MR) is 64.7 cm³/mol. The Morgan fingerprint density at radius 1 is 1.22 bits per heavy atom. The second-order valence-corrected chi connectivity index (χ2v) is 3.93. The molecule has 0 aliphatic heterocycles. The van der Waals surface area contributed by atoms with Gasteiger partial charge in [0.15, 0.2) is 0 Å². The summed E-state index contributed by atoms with van der Waals surface area (Å²) in [5.74, 6) is -0.947. The highest BCUT2D eigenvalue weighted by Gasteiger charge is 2.35. The van der Waals surface area contributed by atoms with Crippen LogP contribution in [0.15, 0.2) is 18.2 Å². The van der Waals surface area contributed by atoms with Crippen molar-refractivity contribution in [2.75, 3.05) is 18.0 Å². The summed E-state index contributed by atoms with van der Waals surface area (Å²) in [6.45, 7) is 5.37. The molecule has 1 aromatic carbocycles. The monoisotopic (exact) mass is 257 g/mol. The van der Waals surface area contributed by atoms with Gasteiger partial charge in [0.05, 0.1) is 11.2 Å². The number of para-hydroxylation sites is 1. The minimum Gasteiger partial charge on any atom is -0.370 e. The average molecular weight is 257 g/mol. The molecule has 0 saturated carbocycles. The van der Waals surface area contributed by atoms with E-state index < -0.39 is 12.0 Å². The number of aromatic amines is 1. The first-order chi connectivity index (χ1) is 8.47. The number of nitrogens with zero attached hydrogens (tertiary/aromatic N) is 2. The van der Waals surface area contributed by atoms with Crippen molar-refractivity contribution < 1.29 is 13.2 Å². The van der Waals surface area contributed by atoms with Crippen molar-refractivity contribution in [1.29, 1.82) is 0 Å². The number of benzene rings is 1. The number of alkyl halides is 3. The lowest BCUT2D eigenvalue weighted by Gasteiger charge is -2.21. The number of rotatable bonds is 3. The van der Waals surface area contributed by atoms with Gasteiger partial charge in [-0.2, -0.15) is 13.2 Å². The third-order valence-corrected chi connectivity index (χ3v) is 2.86. The number of H-pyrrole nitrogens is 1. The van der Waals surface area contributed by atoms with Gasteiger partial charge in [-0.3, -0.25) is 0 Å². The third-order valence-electron chi connectivity index (χ3n) is 2.86. The molecule has 1 aromatic heterocycles. The molecule has 3 nitrogen and oxygen atoms in total. The molecule has 18 heavy (non-hydrogen) atoms. The van der Waals surface area contributed by atoms with Crippen LogP contribution in [0.5, 0.6) is 0 Å². The van der Waals surface area contributed by atoms with Gasteiger partial charge in [0.25, 0.3) is 0 Å². The first kappa shape index (κ1) is 12.7. The smallest absolute Gasteiger partial charge is 0.370 e. The first-order valence-electron chi connectivity index (χ1n) is 5.78. The van der Waals surface area contributed by atoms with Crippen molar-refractivity contribution >= 4 is 16.7 Å².